The highest BCUT2D eigenvalue weighted by molar-refractivity contribution is 7.80. The summed E-state index contributed by atoms with van der Waals surface area (Å²) in [6.07, 6.45) is 0. The van der Waals surface area contributed by atoms with Crippen LogP contribution in [0.15, 0.2) is 5.38 Å². The number of nitrogens with zero attached hydrogens (tertiary/aromatic N) is 3. The molecule has 16 heavy (non-hydrogen) atoms. The second-order valence-corrected chi connectivity index (χ2v) is 4.52. The second kappa shape index (κ2) is 5.86. The molecule has 0 spiro atoms. The van der Waals surface area contributed by atoms with Crippen LogP contribution in [0.3, 0.4) is 0 Å². The smallest absolute Gasteiger partial charge is 0.275 e. The fraction of sp³-hybridized carbons (Fsp3) is 0.556. The molecule has 0 fully saturated rings. The van der Waals surface area contributed by atoms with Gasteiger partial charge in [0.25, 0.3) is 5.91 Å². The molecule has 2 N–H and O–H groups in total. The molecule has 0 aliphatic carbocycles. The quantitative estimate of drug-likeness (QED) is 0.795. The van der Waals surface area contributed by atoms with E-state index in [1.807, 2.05) is 13.8 Å². The molecule has 1 atom stereocenters. The average Bonchev–Trinajstić information content (AvgIpc) is 2.77. The maximum atomic E-state index is 11.9. The van der Waals surface area contributed by atoms with Crippen LogP contribution < -0.4 is 5.73 Å². The lowest BCUT2D eigenvalue weighted by Gasteiger charge is -2.23. The Bertz CT molecular complexity index is 366. The zero-order valence-electron chi connectivity index (χ0n) is 9.21. The van der Waals surface area contributed by atoms with Gasteiger partial charge in [-0.3, -0.25) is 4.79 Å². The Morgan fingerprint density at radius 2 is 2.44 bits per heavy atom. The Hall–Kier alpha value is -1.08. The summed E-state index contributed by atoms with van der Waals surface area (Å²) in [5.74, 6) is -0.121. The van der Waals surface area contributed by atoms with Crippen LogP contribution in [0.4, 0.5) is 0 Å². The number of aromatic nitrogens is 2. The van der Waals surface area contributed by atoms with Crippen molar-refractivity contribution < 1.29 is 4.79 Å². The van der Waals surface area contributed by atoms with Gasteiger partial charge in [0.15, 0.2) is 5.69 Å². The summed E-state index contributed by atoms with van der Waals surface area (Å²) in [5.41, 5.74) is 5.90. The van der Waals surface area contributed by atoms with E-state index in [4.69, 9.17) is 18.0 Å². The van der Waals surface area contributed by atoms with Crippen molar-refractivity contribution in [1.29, 1.82) is 0 Å². The van der Waals surface area contributed by atoms with Crippen LogP contribution in [-0.4, -0.2) is 38.5 Å². The highest BCUT2D eigenvalue weighted by Crippen LogP contribution is 2.07. The predicted molar refractivity (Wildman–Crippen MR) is 67.4 cm³/mol. The van der Waals surface area contributed by atoms with Gasteiger partial charge in [0, 0.05) is 24.4 Å². The molecule has 1 aromatic heterocycles. The van der Waals surface area contributed by atoms with Crippen molar-refractivity contribution in [3.63, 3.8) is 0 Å². The molecule has 0 aromatic carbocycles. The van der Waals surface area contributed by atoms with Crippen LogP contribution in [0.25, 0.3) is 0 Å². The third-order valence-electron chi connectivity index (χ3n) is 2.23. The largest absolute Gasteiger partial charge is 0.393 e. The minimum Gasteiger partial charge on any atom is -0.393 e. The summed E-state index contributed by atoms with van der Waals surface area (Å²) < 4.78 is 3.67. The van der Waals surface area contributed by atoms with E-state index in [1.54, 1.807) is 10.3 Å². The molecule has 1 unspecified atom stereocenters. The summed E-state index contributed by atoms with van der Waals surface area (Å²) >= 11 is 6.05. The zero-order chi connectivity index (χ0) is 12.1. The molecule has 1 rings (SSSR count). The van der Waals surface area contributed by atoms with E-state index in [2.05, 4.69) is 9.59 Å². The van der Waals surface area contributed by atoms with Crippen molar-refractivity contribution in [3.8, 4) is 0 Å². The Morgan fingerprint density at radius 3 is 2.88 bits per heavy atom. The highest BCUT2D eigenvalue weighted by atomic mass is 32.1. The standard InChI is InChI=1S/C9H14N4OS2/c1-3-13(4-6(2)8(10)15)9(14)7-5-16-12-11-7/h5-6H,3-4H2,1-2H3,(H2,10,15). The maximum absolute atomic E-state index is 11.9. The number of amides is 1. The fourth-order valence-corrected chi connectivity index (χ4v) is 1.70. The summed E-state index contributed by atoms with van der Waals surface area (Å²) in [4.78, 5) is 14.0. The first-order valence-electron chi connectivity index (χ1n) is 4.91. The van der Waals surface area contributed by atoms with Crippen molar-refractivity contribution >= 4 is 34.6 Å². The molecule has 0 saturated carbocycles. The molecule has 88 valence electrons. The van der Waals surface area contributed by atoms with Crippen LogP contribution in [-0.2, 0) is 0 Å². The van der Waals surface area contributed by atoms with Gasteiger partial charge in [-0.2, -0.15) is 0 Å². The SMILES string of the molecule is CCN(CC(C)C(N)=S)C(=O)c1csnn1. The van der Waals surface area contributed by atoms with Crippen LogP contribution in [0, 0.1) is 5.92 Å². The number of nitrogens with two attached hydrogens (primary N) is 1. The van der Waals surface area contributed by atoms with Gasteiger partial charge in [0.2, 0.25) is 0 Å². The number of carbonyl (C=O) groups excluding carboxylic acids is 1. The third-order valence-corrected chi connectivity index (χ3v) is 3.14. The molecule has 1 aromatic rings. The van der Waals surface area contributed by atoms with Gasteiger partial charge in [0.1, 0.15) is 0 Å². The topological polar surface area (TPSA) is 72.1 Å². The molecular formula is C9H14N4OS2. The first-order valence-corrected chi connectivity index (χ1v) is 6.16. The minimum atomic E-state index is -0.126. The van der Waals surface area contributed by atoms with Crippen LogP contribution in [0.5, 0.6) is 0 Å². The van der Waals surface area contributed by atoms with Crippen molar-refractivity contribution in [3.05, 3.63) is 11.1 Å². The van der Waals surface area contributed by atoms with Crippen molar-refractivity contribution in [2.24, 2.45) is 11.7 Å². The lowest BCUT2D eigenvalue weighted by Crippen LogP contribution is -2.38. The molecule has 1 heterocycles. The molecule has 7 heteroatoms. The predicted octanol–water partition coefficient (Wildman–Crippen LogP) is 0.922. The molecule has 0 radical (unpaired) electrons. The molecule has 0 bridgehead atoms. The number of thiocarbonyl (C=S) groups is 1. The number of rotatable bonds is 5. The van der Waals surface area contributed by atoms with Gasteiger partial charge in [-0.15, -0.1) is 5.10 Å². The monoisotopic (exact) mass is 258 g/mol. The molecule has 0 saturated heterocycles. The Balaban J connectivity index is 2.68. The van der Waals surface area contributed by atoms with Crippen LogP contribution in [0.2, 0.25) is 0 Å². The van der Waals surface area contributed by atoms with E-state index in [0.29, 0.717) is 23.8 Å². The molecule has 5 nitrogen and oxygen atoms in total. The highest BCUT2D eigenvalue weighted by Gasteiger charge is 2.19. The van der Waals surface area contributed by atoms with Gasteiger partial charge >= 0.3 is 0 Å². The summed E-state index contributed by atoms with van der Waals surface area (Å²) in [7, 11) is 0. The van der Waals surface area contributed by atoms with Gasteiger partial charge in [-0.25, -0.2) is 0 Å². The number of hydrogen-bond donors (Lipinski definition) is 1. The van der Waals surface area contributed by atoms with Gasteiger partial charge in [0.05, 0.1) is 4.99 Å². The van der Waals surface area contributed by atoms with Gasteiger partial charge in [-0.05, 0) is 18.5 Å². The van der Waals surface area contributed by atoms with E-state index in [9.17, 15) is 4.79 Å². The molecule has 0 aliphatic heterocycles. The normalized spacial score (nSPS) is 12.1. The van der Waals surface area contributed by atoms with Crippen molar-refractivity contribution in [1.82, 2.24) is 14.5 Å². The molecular weight excluding hydrogens is 244 g/mol. The first-order chi connectivity index (χ1) is 7.56. The van der Waals surface area contributed by atoms with Gasteiger partial charge < -0.3 is 10.6 Å². The minimum absolute atomic E-state index is 0.00509. The maximum Gasteiger partial charge on any atom is 0.275 e. The number of hydrogen-bond acceptors (Lipinski definition) is 5. The Kier molecular flexibility index (Phi) is 4.75. The Morgan fingerprint density at radius 1 is 1.75 bits per heavy atom. The van der Waals surface area contributed by atoms with Crippen LogP contribution >= 0.6 is 23.8 Å². The van der Waals surface area contributed by atoms with E-state index in [0.717, 1.165) is 11.5 Å². The van der Waals surface area contributed by atoms with E-state index < -0.39 is 0 Å². The fourth-order valence-electron chi connectivity index (χ4n) is 1.20. The molecule has 1 amide bonds. The van der Waals surface area contributed by atoms with E-state index >= 15 is 0 Å². The summed E-state index contributed by atoms with van der Waals surface area (Å²) in [6, 6.07) is 0. The van der Waals surface area contributed by atoms with Crippen LogP contribution in [0.1, 0.15) is 24.3 Å². The average molecular weight is 258 g/mol. The van der Waals surface area contributed by atoms with Crippen molar-refractivity contribution in [2.75, 3.05) is 13.1 Å². The van der Waals surface area contributed by atoms with Crippen molar-refractivity contribution in [2.45, 2.75) is 13.8 Å². The second-order valence-electron chi connectivity index (χ2n) is 3.44. The zero-order valence-corrected chi connectivity index (χ0v) is 10.8. The molecule has 0 aliphatic rings. The number of carbonyl (C=O) groups is 1. The van der Waals surface area contributed by atoms with E-state index in [-0.39, 0.29) is 11.8 Å². The summed E-state index contributed by atoms with van der Waals surface area (Å²) in [6.45, 7) is 4.92. The van der Waals surface area contributed by atoms with E-state index in [1.165, 1.54) is 0 Å². The first kappa shape index (κ1) is 13.0. The van der Waals surface area contributed by atoms with Gasteiger partial charge in [-0.1, -0.05) is 23.6 Å². The lowest BCUT2D eigenvalue weighted by molar-refractivity contribution is 0.0749. The third kappa shape index (κ3) is 3.21. The summed E-state index contributed by atoms with van der Waals surface area (Å²) in [5, 5.41) is 5.39. The lowest BCUT2D eigenvalue weighted by atomic mass is 10.1. The Labute approximate surface area is 104 Å².